The molecule has 3 aliphatic rings. The number of benzene rings is 1. The standard InChI is InChI=1S/C28H41NO2/c1-21-8-7-10-22(16-21)18-25(30)11-12-26-27-19-23(17-24(27)20-28(26)31)9-3-2-4-13-29-14-5-6-15-29/h7-8,10-12,16-17,24-28,30-31H,2-6,9,13-15,18-20H2,1H3/b12-11+/t24-,25-,26+,27-,28+/m0/s1. The Balaban J connectivity index is 1.20. The average Bonchev–Trinajstić information content (AvgIpc) is 3.43. The van der Waals surface area contributed by atoms with Gasteiger partial charge in [0.2, 0.25) is 0 Å². The highest BCUT2D eigenvalue weighted by atomic mass is 16.3. The minimum absolute atomic E-state index is 0.182. The van der Waals surface area contributed by atoms with Crippen molar-refractivity contribution in [2.45, 2.75) is 76.9 Å². The molecule has 5 atom stereocenters. The van der Waals surface area contributed by atoms with Crippen LogP contribution in [0.1, 0.15) is 62.5 Å². The summed E-state index contributed by atoms with van der Waals surface area (Å²) in [7, 11) is 0. The molecule has 0 spiro atoms. The number of hydrogen-bond acceptors (Lipinski definition) is 3. The molecule has 2 N–H and O–H groups in total. The van der Waals surface area contributed by atoms with Crippen LogP contribution in [0.25, 0.3) is 0 Å². The highest BCUT2D eigenvalue weighted by Crippen LogP contribution is 2.48. The molecular formula is C28H41NO2. The number of unbranched alkanes of at least 4 members (excludes halogenated alkanes) is 2. The van der Waals surface area contributed by atoms with Gasteiger partial charge in [-0.25, -0.2) is 0 Å². The molecule has 1 aliphatic heterocycles. The number of rotatable bonds is 10. The lowest BCUT2D eigenvalue weighted by atomic mass is 9.88. The average molecular weight is 424 g/mol. The third-order valence-electron chi connectivity index (χ3n) is 7.70. The molecule has 0 unspecified atom stereocenters. The molecular weight excluding hydrogens is 382 g/mol. The van der Waals surface area contributed by atoms with Crippen molar-refractivity contribution in [3.05, 3.63) is 59.2 Å². The summed E-state index contributed by atoms with van der Waals surface area (Å²) >= 11 is 0. The van der Waals surface area contributed by atoms with Crippen molar-refractivity contribution >= 4 is 0 Å². The molecule has 0 bridgehead atoms. The zero-order valence-electron chi connectivity index (χ0n) is 19.3. The van der Waals surface area contributed by atoms with Gasteiger partial charge in [-0.1, -0.05) is 60.1 Å². The molecule has 0 amide bonds. The van der Waals surface area contributed by atoms with Crippen LogP contribution in [0.3, 0.4) is 0 Å². The quantitative estimate of drug-likeness (QED) is 0.409. The van der Waals surface area contributed by atoms with Gasteiger partial charge in [-0.2, -0.15) is 0 Å². The van der Waals surface area contributed by atoms with Crippen LogP contribution in [0.15, 0.2) is 48.1 Å². The SMILES string of the molecule is Cc1cccc(C[C@@H](O)/C=C/[C@@H]2[C@H]3CC(CCCCCN4CCCC4)=C[C@H]3C[C@H]2O)c1. The van der Waals surface area contributed by atoms with Crippen LogP contribution in [-0.2, 0) is 6.42 Å². The van der Waals surface area contributed by atoms with Crippen molar-refractivity contribution in [2.75, 3.05) is 19.6 Å². The summed E-state index contributed by atoms with van der Waals surface area (Å²) < 4.78 is 0. The molecule has 3 nitrogen and oxygen atoms in total. The molecule has 1 saturated heterocycles. The van der Waals surface area contributed by atoms with E-state index in [1.54, 1.807) is 5.57 Å². The lowest BCUT2D eigenvalue weighted by Gasteiger charge is -2.19. The van der Waals surface area contributed by atoms with Gasteiger partial charge in [-0.15, -0.1) is 0 Å². The fourth-order valence-corrected chi connectivity index (χ4v) is 6.07. The van der Waals surface area contributed by atoms with E-state index in [1.165, 1.54) is 63.7 Å². The first-order chi connectivity index (χ1) is 15.1. The second-order valence-corrected chi connectivity index (χ2v) is 10.2. The van der Waals surface area contributed by atoms with E-state index >= 15 is 0 Å². The first kappa shape index (κ1) is 22.8. The third-order valence-corrected chi connectivity index (χ3v) is 7.70. The molecule has 1 heterocycles. The smallest absolute Gasteiger partial charge is 0.0761 e. The molecule has 0 radical (unpaired) electrons. The number of aliphatic hydroxyl groups is 2. The van der Waals surface area contributed by atoms with Crippen LogP contribution >= 0.6 is 0 Å². The van der Waals surface area contributed by atoms with Crippen LogP contribution in [0.2, 0.25) is 0 Å². The molecule has 1 aromatic carbocycles. The van der Waals surface area contributed by atoms with Crippen LogP contribution in [0.5, 0.6) is 0 Å². The van der Waals surface area contributed by atoms with Gasteiger partial charge in [0.15, 0.2) is 0 Å². The van der Waals surface area contributed by atoms with E-state index in [4.69, 9.17) is 0 Å². The van der Waals surface area contributed by atoms with Gasteiger partial charge in [0, 0.05) is 12.3 Å². The maximum absolute atomic E-state index is 10.6. The van der Waals surface area contributed by atoms with Gasteiger partial charge in [0.05, 0.1) is 12.2 Å². The third kappa shape index (κ3) is 6.31. The van der Waals surface area contributed by atoms with E-state index in [9.17, 15) is 10.2 Å². The lowest BCUT2D eigenvalue weighted by molar-refractivity contribution is 0.140. The fourth-order valence-electron chi connectivity index (χ4n) is 6.07. The van der Waals surface area contributed by atoms with Gasteiger partial charge in [-0.3, -0.25) is 0 Å². The summed E-state index contributed by atoms with van der Waals surface area (Å²) in [4.78, 5) is 2.62. The van der Waals surface area contributed by atoms with Gasteiger partial charge >= 0.3 is 0 Å². The molecule has 4 rings (SSSR count). The molecule has 2 aliphatic carbocycles. The zero-order chi connectivity index (χ0) is 21.6. The monoisotopic (exact) mass is 423 g/mol. The normalized spacial score (nSPS) is 29.6. The summed E-state index contributed by atoms with van der Waals surface area (Å²) in [5.74, 6) is 1.23. The van der Waals surface area contributed by atoms with Crippen molar-refractivity contribution < 1.29 is 10.2 Å². The molecule has 1 saturated carbocycles. The minimum Gasteiger partial charge on any atom is -0.392 e. The Kier molecular flexibility index (Phi) is 8.03. The Morgan fingerprint density at radius 3 is 2.81 bits per heavy atom. The number of aliphatic hydroxyl groups excluding tert-OH is 2. The highest BCUT2D eigenvalue weighted by molar-refractivity contribution is 5.24. The number of nitrogens with zero attached hydrogens (tertiary/aromatic N) is 1. The topological polar surface area (TPSA) is 43.7 Å². The van der Waals surface area contributed by atoms with E-state index in [-0.39, 0.29) is 12.0 Å². The Morgan fingerprint density at radius 2 is 2.00 bits per heavy atom. The summed E-state index contributed by atoms with van der Waals surface area (Å²) in [5.41, 5.74) is 4.00. The van der Waals surface area contributed by atoms with Gasteiger partial charge < -0.3 is 15.1 Å². The number of aryl methyl sites for hydroxylation is 1. The zero-order valence-corrected chi connectivity index (χ0v) is 19.3. The first-order valence-electron chi connectivity index (χ1n) is 12.6. The predicted octanol–water partition coefficient (Wildman–Crippen LogP) is 5.05. The van der Waals surface area contributed by atoms with E-state index in [2.05, 4.69) is 42.2 Å². The maximum Gasteiger partial charge on any atom is 0.0761 e. The Morgan fingerprint density at radius 1 is 1.16 bits per heavy atom. The summed E-state index contributed by atoms with van der Waals surface area (Å²) in [6.45, 7) is 5.99. The van der Waals surface area contributed by atoms with E-state index in [1.807, 2.05) is 12.1 Å². The number of fused-ring (bicyclic) bond motifs is 1. The van der Waals surface area contributed by atoms with E-state index in [0.717, 1.165) is 18.4 Å². The molecule has 3 heteroatoms. The van der Waals surface area contributed by atoms with Crippen molar-refractivity contribution in [1.82, 2.24) is 4.90 Å². The number of allylic oxidation sites excluding steroid dienone is 2. The van der Waals surface area contributed by atoms with Crippen LogP contribution in [-0.4, -0.2) is 47.0 Å². The summed E-state index contributed by atoms with van der Waals surface area (Å²) in [6, 6.07) is 8.34. The summed E-state index contributed by atoms with van der Waals surface area (Å²) in [5, 5.41) is 21.1. The molecule has 1 aromatic rings. The van der Waals surface area contributed by atoms with Crippen molar-refractivity contribution in [3.8, 4) is 0 Å². The van der Waals surface area contributed by atoms with Crippen molar-refractivity contribution in [3.63, 3.8) is 0 Å². The number of likely N-dealkylation sites (tertiary alicyclic amines) is 1. The van der Waals surface area contributed by atoms with Gasteiger partial charge in [0.1, 0.15) is 0 Å². The largest absolute Gasteiger partial charge is 0.392 e. The first-order valence-corrected chi connectivity index (χ1v) is 12.6. The molecule has 0 aromatic heterocycles. The fraction of sp³-hybridized carbons (Fsp3) is 0.643. The minimum atomic E-state index is -0.488. The lowest BCUT2D eigenvalue weighted by Crippen LogP contribution is -2.20. The maximum atomic E-state index is 10.6. The second-order valence-electron chi connectivity index (χ2n) is 10.2. The summed E-state index contributed by atoms with van der Waals surface area (Å²) in [6.07, 6.45) is 16.4. The van der Waals surface area contributed by atoms with Crippen LogP contribution < -0.4 is 0 Å². The Hall–Kier alpha value is -1.42. The van der Waals surface area contributed by atoms with Crippen molar-refractivity contribution in [1.29, 1.82) is 0 Å². The van der Waals surface area contributed by atoms with E-state index in [0.29, 0.717) is 18.3 Å². The van der Waals surface area contributed by atoms with Gasteiger partial charge in [0.25, 0.3) is 0 Å². The van der Waals surface area contributed by atoms with Gasteiger partial charge in [-0.05, 0) is 88.9 Å². The highest BCUT2D eigenvalue weighted by Gasteiger charge is 2.43. The second kappa shape index (κ2) is 10.9. The molecule has 31 heavy (non-hydrogen) atoms. The van der Waals surface area contributed by atoms with E-state index < -0.39 is 6.10 Å². The molecule has 170 valence electrons. The van der Waals surface area contributed by atoms with Crippen LogP contribution in [0, 0.1) is 24.7 Å². The number of hydrogen-bond donors (Lipinski definition) is 2. The van der Waals surface area contributed by atoms with Crippen LogP contribution in [0.4, 0.5) is 0 Å². The molecule has 2 fully saturated rings. The predicted molar refractivity (Wildman–Crippen MR) is 128 cm³/mol. The Labute approximate surface area is 188 Å². The Bertz CT molecular complexity index is 764. The van der Waals surface area contributed by atoms with Crippen molar-refractivity contribution in [2.24, 2.45) is 17.8 Å².